The molecule has 2 aliphatic heterocycles. The number of sulfonamides is 1. The third-order valence-electron chi connectivity index (χ3n) is 5.19. The molecule has 3 rings (SSSR count). The highest BCUT2D eigenvalue weighted by atomic mass is 35.5. The van der Waals surface area contributed by atoms with E-state index in [1.165, 1.54) is 10.4 Å². The number of benzene rings is 1. The van der Waals surface area contributed by atoms with Crippen LogP contribution in [-0.2, 0) is 10.0 Å². The molecule has 146 valence electrons. The Labute approximate surface area is 162 Å². The first-order valence-corrected chi connectivity index (χ1v) is 10.6. The molecule has 2 fully saturated rings. The molecule has 1 amide bonds. The van der Waals surface area contributed by atoms with Crippen molar-refractivity contribution in [2.75, 3.05) is 26.2 Å². The molecule has 26 heavy (non-hydrogen) atoms. The van der Waals surface area contributed by atoms with E-state index < -0.39 is 10.0 Å². The smallest absolute Gasteiger partial charge is 0.254 e. The molecule has 0 radical (unpaired) electrons. The number of amides is 1. The van der Waals surface area contributed by atoms with E-state index in [0.29, 0.717) is 31.7 Å². The molecule has 1 atom stereocenters. The molecule has 0 bridgehead atoms. The Morgan fingerprint density at radius 2 is 1.77 bits per heavy atom. The summed E-state index contributed by atoms with van der Waals surface area (Å²) in [6.45, 7) is 2.24. The largest absolute Gasteiger partial charge is 0.334 e. The molecule has 0 aliphatic carbocycles. The third kappa shape index (κ3) is 4.39. The predicted octanol–water partition coefficient (Wildman–Crippen LogP) is 2.24. The molecule has 0 saturated carbocycles. The predicted molar refractivity (Wildman–Crippen MR) is 104 cm³/mol. The van der Waals surface area contributed by atoms with Crippen LogP contribution in [0.2, 0.25) is 0 Å². The second kappa shape index (κ2) is 9.17. The lowest BCUT2D eigenvalue weighted by Gasteiger charge is -2.35. The molecular formula is C18H28ClN3O3S. The van der Waals surface area contributed by atoms with Crippen LogP contribution in [0.3, 0.4) is 0 Å². The standard InChI is InChI=1S/C18H27N3O3S.ClH/c19-14-16-8-2-5-12-21(16)18(22)15-7-6-9-17(13-15)25(23,24)20-10-3-1-4-11-20;/h6-7,9,13,16H,1-5,8,10-12,14,19H2;1H. The summed E-state index contributed by atoms with van der Waals surface area (Å²) in [5.74, 6) is -0.120. The number of carbonyl (C=O) groups is 1. The summed E-state index contributed by atoms with van der Waals surface area (Å²) >= 11 is 0. The number of hydrogen-bond donors (Lipinski definition) is 1. The molecule has 8 heteroatoms. The zero-order valence-electron chi connectivity index (χ0n) is 15.0. The maximum atomic E-state index is 12.9. The number of halogens is 1. The normalized spacial score (nSPS) is 21.9. The first-order chi connectivity index (χ1) is 12.0. The summed E-state index contributed by atoms with van der Waals surface area (Å²) in [6.07, 6.45) is 5.81. The summed E-state index contributed by atoms with van der Waals surface area (Å²) in [5.41, 5.74) is 6.24. The van der Waals surface area contributed by atoms with E-state index in [0.717, 1.165) is 38.5 Å². The van der Waals surface area contributed by atoms with Crippen molar-refractivity contribution < 1.29 is 13.2 Å². The zero-order chi connectivity index (χ0) is 17.9. The van der Waals surface area contributed by atoms with Gasteiger partial charge in [-0.05, 0) is 50.3 Å². The fourth-order valence-corrected chi connectivity index (χ4v) is 5.29. The Balaban J connectivity index is 0.00000243. The molecule has 6 nitrogen and oxygen atoms in total. The average molecular weight is 402 g/mol. The zero-order valence-corrected chi connectivity index (χ0v) is 16.6. The number of piperidine rings is 2. The minimum Gasteiger partial charge on any atom is -0.334 e. The Morgan fingerprint density at radius 3 is 2.46 bits per heavy atom. The summed E-state index contributed by atoms with van der Waals surface area (Å²) in [4.78, 5) is 14.9. The average Bonchev–Trinajstić information content (AvgIpc) is 2.68. The van der Waals surface area contributed by atoms with Gasteiger partial charge in [0.1, 0.15) is 0 Å². The molecule has 2 saturated heterocycles. The van der Waals surface area contributed by atoms with Gasteiger partial charge in [0.2, 0.25) is 10.0 Å². The van der Waals surface area contributed by atoms with Crippen LogP contribution in [0.5, 0.6) is 0 Å². The van der Waals surface area contributed by atoms with Gasteiger partial charge in [-0.1, -0.05) is 12.5 Å². The number of carbonyl (C=O) groups excluding carboxylic acids is 1. The number of likely N-dealkylation sites (tertiary alicyclic amines) is 1. The Hall–Kier alpha value is -1.15. The van der Waals surface area contributed by atoms with E-state index in [2.05, 4.69) is 0 Å². The fraction of sp³-hybridized carbons (Fsp3) is 0.611. The van der Waals surface area contributed by atoms with Crippen LogP contribution in [0.4, 0.5) is 0 Å². The molecule has 1 unspecified atom stereocenters. The maximum absolute atomic E-state index is 12.9. The second-order valence-corrected chi connectivity index (χ2v) is 8.81. The van der Waals surface area contributed by atoms with Crippen molar-refractivity contribution >= 4 is 28.3 Å². The monoisotopic (exact) mass is 401 g/mol. The number of hydrogen-bond acceptors (Lipinski definition) is 4. The van der Waals surface area contributed by atoms with E-state index in [1.807, 2.05) is 0 Å². The van der Waals surface area contributed by atoms with Gasteiger partial charge in [-0.15, -0.1) is 12.4 Å². The highest BCUT2D eigenvalue weighted by Crippen LogP contribution is 2.23. The third-order valence-corrected chi connectivity index (χ3v) is 7.09. The Morgan fingerprint density at radius 1 is 1.08 bits per heavy atom. The lowest BCUT2D eigenvalue weighted by atomic mass is 10.0. The van der Waals surface area contributed by atoms with Crippen LogP contribution in [0, 0.1) is 0 Å². The van der Waals surface area contributed by atoms with Gasteiger partial charge in [-0.25, -0.2) is 8.42 Å². The van der Waals surface area contributed by atoms with Crippen molar-refractivity contribution in [1.82, 2.24) is 9.21 Å². The van der Waals surface area contributed by atoms with E-state index >= 15 is 0 Å². The van der Waals surface area contributed by atoms with Gasteiger partial charge in [0.15, 0.2) is 0 Å². The van der Waals surface area contributed by atoms with E-state index in [9.17, 15) is 13.2 Å². The second-order valence-electron chi connectivity index (χ2n) is 6.88. The van der Waals surface area contributed by atoms with Crippen molar-refractivity contribution in [1.29, 1.82) is 0 Å². The van der Waals surface area contributed by atoms with Crippen LogP contribution in [0.25, 0.3) is 0 Å². The molecular weight excluding hydrogens is 374 g/mol. The van der Waals surface area contributed by atoms with Crippen molar-refractivity contribution in [3.8, 4) is 0 Å². The minimum atomic E-state index is -3.53. The summed E-state index contributed by atoms with van der Waals surface area (Å²) in [6, 6.07) is 6.50. The van der Waals surface area contributed by atoms with Crippen molar-refractivity contribution in [3.63, 3.8) is 0 Å². The molecule has 1 aromatic carbocycles. The SMILES string of the molecule is Cl.NCC1CCCCN1C(=O)c1cccc(S(=O)(=O)N2CCCCC2)c1. The maximum Gasteiger partial charge on any atom is 0.254 e. The summed E-state index contributed by atoms with van der Waals surface area (Å²) in [5, 5.41) is 0. The van der Waals surface area contributed by atoms with Crippen LogP contribution < -0.4 is 5.73 Å². The van der Waals surface area contributed by atoms with Gasteiger partial charge in [-0.2, -0.15) is 4.31 Å². The highest BCUT2D eigenvalue weighted by Gasteiger charge is 2.29. The lowest BCUT2D eigenvalue weighted by molar-refractivity contribution is 0.0623. The van der Waals surface area contributed by atoms with Crippen LogP contribution in [-0.4, -0.2) is 55.8 Å². The van der Waals surface area contributed by atoms with Gasteiger partial charge in [0.25, 0.3) is 5.91 Å². The number of nitrogens with two attached hydrogens (primary N) is 1. The van der Waals surface area contributed by atoms with Crippen molar-refractivity contribution in [2.45, 2.75) is 49.5 Å². The minimum absolute atomic E-state index is 0. The van der Waals surface area contributed by atoms with Crippen LogP contribution in [0.15, 0.2) is 29.2 Å². The van der Waals surface area contributed by atoms with Crippen LogP contribution in [0.1, 0.15) is 48.9 Å². The first kappa shape index (κ1) is 21.2. The van der Waals surface area contributed by atoms with Crippen molar-refractivity contribution in [3.05, 3.63) is 29.8 Å². The van der Waals surface area contributed by atoms with E-state index in [4.69, 9.17) is 5.73 Å². The van der Waals surface area contributed by atoms with Gasteiger partial charge in [-0.3, -0.25) is 4.79 Å². The molecule has 2 heterocycles. The van der Waals surface area contributed by atoms with Gasteiger partial charge in [0.05, 0.1) is 4.90 Å². The summed E-state index contributed by atoms with van der Waals surface area (Å²) in [7, 11) is -3.53. The summed E-state index contributed by atoms with van der Waals surface area (Å²) < 4.78 is 27.2. The Bertz CT molecular complexity index is 720. The number of nitrogens with zero attached hydrogens (tertiary/aromatic N) is 2. The fourth-order valence-electron chi connectivity index (χ4n) is 3.72. The van der Waals surface area contributed by atoms with E-state index in [-0.39, 0.29) is 29.3 Å². The molecule has 0 aromatic heterocycles. The van der Waals surface area contributed by atoms with Gasteiger partial charge in [0, 0.05) is 37.8 Å². The molecule has 1 aromatic rings. The highest BCUT2D eigenvalue weighted by molar-refractivity contribution is 7.89. The lowest BCUT2D eigenvalue weighted by Crippen LogP contribution is -2.47. The quantitative estimate of drug-likeness (QED) is 0.838. The van der Waals surface area contributed by atoms with Gasteiger partial charge < -0.3 is 10.6 Å². The van der Waals surface area contributed by atoms with Gasteiger partial charge >= 0.3 is 0 Å². The molecule has 2 N–H and O–H groups in total. The van der Waals surface area contributed by atoms with Crippen molar-refractivity contribution in [2.24, 2.45) is 5.73 Å². The molecule has 0 spiro atoms. The first-order valence-electron chi connectivity index (χ1n) is 9.15. The van der Waals surface area contributed by atoms with Crippen LogP contribution >= 0.6 is 12.4 Å². The number of rotatable bonds is 4. The molecule has 2 aliphatic rings. The Kier molecular flexibility index (Phi) is 7.46. The van der Waals surface area contributed by atoms with E-state index in [1.54, 1.807) is 23.1 Å². The topological polar surface area (TPSA) is 83.7 Å².